The Morgan fingerprint density at radius 3 is 2.39 bits per heavy atom. The minimum Gasteiger partial charge on any atom is -0.471 e. The summed E-state index contributed by atoms with van der Waals surface area (Å²) < 4.78 is 64.5. The first-order valence-corrected chi connectivity index (χ1v) is 13.8. The van der Waals surface area contributed by atoms with Gasteiger partial charge >= 0.3 is 0 Å². The highest BCUT2D eigenvalue weighted by Gasteiger charge is 2.49. The average molecular weight is 547 g/mol. The van der Waals surface area contributed by atoms with Gasteiger partial charge in [-0.15, -0.1) is 0 Å². The third kappa shape index (κ3) is 4.84. The molecule has 12 heteroatoms. The van der Waals surface area contributed by atoms with Gasteiger partial charge < -0.3 is 9.84 Å². The minimum atomic E-state index is -3.97. The number of carbonyl (C=O) groups excluding carboxylic acids is 1. The molecule has 0 spiro atoms. The molecule has 2 aromatic carbocycles. The number of ether oxygens (including phenoxy) is 1. The Balaban J connectivity index is 1.49. The largest absolute Gasteiger partial charge is 0.471 e. The first kappa shape index (κ1) is 26.4. The van der Waals surface area contributed by atoms with Gasteiger partial charge in [0.1, 0.15) is 24.3 Å². The summed E-state index contributed by atoms with van der Waals surface area (Å²) in [6.45, 7) is 2.14. The Hall–Kier alpha value is -3.19. The maximum absolute atomic E-state index is 15.9. The van der Waals surface area contributed by atoms with Crippen LogP contribution in [-0.4, -0.2) is 63.2 Å². The number of aliphatic hydroxyl groups excluding tert-OH is 1. The number of rotatable bonds is 7. The Labute approximate surface area is 219 Å². The van der Waals surface area contributed by atoms with Crippen LogP contribution in [0.1, 0.15) is 53.7 Å². The lowest BCUT2D eigenvalue weighted by molar-refractivity contribution is 0.0781. The lowest BCUT2D eigenvalue weighted by Gasteiger charge is -2.29. The fraction of sp³-hybridized carbons (Fsp3) is 0.385. The van der Waals surface area contributed by atoms with E-state index in [-0.39, 0.29) is 24.3 Å². The molecule has 202 valence electrons. The summed E-state index contributed by atoms with van der Waals surface area (Å²) in [5, 5.41) is 15.0. The molecule has 3 heterocycles. The normalized spacial score (nSPS) is 22.7. The smallest absolute Gasteiger partial charge is 0.284 e. The van der Waals surface area contributed by atoms with Crippen molar-refractivity contribution in [2.45, 2.75) is 51.0 Å². The second kappa shape index (κ2) is 10.5. The van der Waals surface area contributed by atoms with Crippen LogP contribution >= 0.6 is 0 Å². The van der Waals surface area contributed by atoms with Crippen LogP contribution in [0.3, 0.4) is 0 Å². The van der Waals surface area contributed by atoms with Crippen LogP contribution in [0.2, 0.25) is 0 Å². The molecule has 0 radical (unpaired) electrons. The Bertz CT molecular complexity index is 1410. The summed E-state index contributed by atoms with van der Waals surface area (Å²) in [6, 6.07) is 12.8. The molecular formula is C26H28F2N4O5S. The number of benzene rings is 2. The van der Waals surface area contributed by atoms with Crippen molar-refractivity contribution in [3.63, 3.8) is 0 Å². The molecule has 9 nitrogen and oxygen atoms in total. The Morgan fingerprint density at radius 1 is 1.08 bits per heavy atom. The van der Waals surface area contributed by atoms with Gasteiger partial charge in [0.2, 0.25) is 5.82 Å². The number of aromatic nitrogens is 2. The van der Waals surface area contributed by atoms with Crippen LogP contribution in [0.4, 0.5) is 8.78 Å². The molecule has 2 fully saturated rings. The number of nitrogens with zero attached hydrogens (tertiary/aromatic N) is 4. The maximum Gasteiger partial charge on any atom is 0.284 e. The molecule has 0 saturated carbocycles. The highest BCUT2D eigenvalue weighted by atomic mass is 32.2. The quantitative estimate of drug-likeness (QED) is 0.488. The van der Waals surface area contributed by atoms with E-state index in [1.165, 1.54) is 28.6 Å². The van der Waals surface area contributed by atoms with Crippen molar-refractivity contribution in [2.24, 2.45) is 0 Å². The molecule has 2 aliphatic rings. The van der Waals surface area contributed by atoms with Crippen LogP contribution < -0.4 is 4.74 Å². The number of aliphatic hydroxyl groups is 1. The van der Waals surface area contributed by atoms with Crippen molar-refractivity contribution >= 4 is 16.1 Å². The van der Waals surface area contributed by atoms with Crippen molar-refractivity contribution in [3.8, 4) is 5.88 Å². The van der Waals surface area contributed by atoms with Crippen molar-refractivity contribution < 1.29 is 31.8 Å². The Kier molecular flexibility index (Phi) is 7.32. The van der Waals surface area contributed by atoms with E-state index < -0.39 is 51.8 Å². The second-order valence-corrected chi connectivity index (χ2v) is 11.3. The SMILES string of the molecule is CC1C(c2nn(C(=O)c3ccccc3)c(OCc3ccc(F)cc3)c2F)CC(O)N1S(=O)(=O)N1CCCC1. The van der Waals surface area contributed by atoms with E-state index in [0.29, 0.717) is 18.7 Å². The molecule has 0 bridgehead atoms. The molecule has 1 N–H and O–H groups in total. The van der Waals surface area contributed by atoms with E-state index in [9.17, 15) is 22.7 Å². The van der Waals surface area contributed by atoms with Gasteiger partial charge in [0.25, 0.3) is 22.0 Å². The molecule has 2 aliphatic heterocycles. The summed E-state index contributed by atoms with van der Waals surface area (Å²) in [7, 11) is -3.97. The predicted octanol–water partition coefficient (Wildman–Crippen LogP) is 3.27. The van der Waals surface area contributed by atoms with E-state index in [1.807, 2.05) is 0 Å². The molecule has 3 unspecified atom stereocenters. The molecule has 38 heavy (non-hydrogen) atoms. The zero-order chi connectivity index (χ0) is 27.0. The average Bonchev–Trinajstić information content (AvgIpc) is 3.63. The minimum absolute atomic E-state index is 0.0981. The molecule has 3 aromatic rings. The van der Waals surface area contributed by atoms with Gasteiger partial charge in [-0.2, -0.15) is 31.2 Å². The van der Waals surface area contributed by atoms with Gasteiger partial charge in [0.05, 0.1) is 0 Å². The van der Waals surface area contributed by atoms with Crippen molar-refractivity contribution in [2.75, 3.05) is 13.1 Å². The third-order valence-electron chi connectivity index (χ3n) is 7.07. The summed E-state index contributed by atoms with van der Waals surface area (Å²) in [4.78, 5) is 13.3. The molecule has 1 aromatic heterocycles. The topological polar surface area (TPSA) is 105 Å². The molecular weight excluding hydrogens is 518 g/mol. The molecule has 5 rings (SSSR count). The number of carbonyl (C=O) groups is 1. The molecule has 2 saturated heterocycles. The number of halogens is 2. The van der Waals surface area contributed by atoms with E-state index in [0.717, 1.165) is 21.8 Å². The highest BCUT2D eigenvalue weighted by molar-refractivity contribution is 7.86. The predicted molar refractivity (Wildman–Crippen MR) is 133 cm³/mol. The van der Waals surface area contributed by atoms with Crippen LogP contribution in [0.25, 0.3) is 0 Å². The lowest BCUT2D eigenvalue weighted by atomic mass is 9.98. The van der Waals surface area contributed by atoms with E-state index in [1.54, 1.807) is 37.3 Å². The van der Waals surface area contributed by atoms with Crippen LogP contribution in [-0.2, 0) is 16.8 Å². The summed E-state index contributed by atoms with van der Waals surface area (Å²) >= 11 is 0. The van der Waals surface area contributed by atoms with Gasteiger partial charge in [-0.1, -0.05) is 30.3 Å². The molecule has 0 amide bonds. The van der Waals surface area contributed by atoms with Crippen LogP contribution in [0.5, 0.6) is 5.88 Å². The summed E-state index contributed by atoms with van der Waals surface area (Å²) in [5.41, 5.74) is 0.611. The van der Waals surface area contributed by atoms with Crippen molar-refractivity contribution in [3.05, 3.63) is 83.1 Å². The van der Waals surface area contributed by atoms with Gasteiger partial charge in [-0.05, 0) is 56.0 Å². The molecule has 3 atom stereocenters. The number of hydrogen-bond donors (Lipinski definition) is 1. The van der Waals surface area contributed by atoms with Crippen LogP contribution in [0.15, 0.2) is 54.6 Å². The van der Waals surface area contributed by atoms with Gasteiger partial charge in [0.15, 0.2) is 0 Å². The second-order valence-electron chi connectivity index (χ2n) is 9.51. The monoisotopic (exact) mass is 546 g/mol. The Morgan fingerprint density at radius 2 is 1.74 bits per heavy atom. The fourth-order valence-electron chi connectivity index (χ4n) is 5.07. The van der Waals surface area contributed by atoms with Gasteiger partial charge in [-0.3, -0.25) is 4.79 Å². The lowest BCUT2D eigenvalue weighted by Crippen LogP contribution is -2.48. The van der Waals surface area contributed by atoms with E-state index in [4.69, 9.17) is 4.74 Å². The summed E-state index contributed by atoms with van der Waals surface area (Å²) in [6.07, 6.45) is -0.00945. The van der Waals surface area contributed by atoms with E-state index >= 15 is 4.39 Å². The van der Waals surface area contributed by atoms with Gasteiger partial charge in [0, 0.05) is 30.6 Å². The maximum atomic E-state index is 15.9. The zero-order valence-corrected chi connectivity index (χ0v) is 21.5. The van der Waals surface area contributed by atoms with Crippen LogP contribution in [0, 0.1) is 11.6 Å². The van der Waals surface area contributed by atoms with Gasteiger partial charge in [-0.25, -0.2) is 4.39 Å². The first-order chi connectivity index (χ1) is 18.2. The standard InChI is InChI=1S/C26H28F2N4O5S/c1-17-21(15-22(33)32(17)38(35,36)30-13-5-6-14-30)24-23(28)26(37-16-18-9-11-20(27)12-10-18)31(29-24)25(34)19-7-3-2-4-8-19/h2-4,7-12,17,21-22,33H,5-6,13-16H2,1H3. The fourth-order valence-corrected chi connectivity index (χ4v) is 7.01. The van der Waals surface area contributed by atoms with Crippen molar-refractivity contribution in [1.82, 2.24) is 18.4 Å². The van der Waals surface area contributed by atoms with E-state index in [2.05, 4.69) is 5.10 Å². The summed E-state index contributed by atoms with van der Waals surface area (Å²) in [5.74, 6) is -3.27. The highest BCUT2D eigenvalue weighted by Crippen LogP contribution is 2.41. The first-order valence-electron chi connectivity index (χ1n) is 12.4. The van der Waals surface area contributed by atoms with Crippen molar-refractivity contribution in [1.29, 1.82) is 0 Å². The molecule has 0 aliphatic carbocycles. The number of hydrogen-bond acceptors (Lipinski definition) is 6. The third-order valence-corrected chi connectivity index (χ3v) is 9.19. The zero-order valence-electron chi connectivity index (χ0n) is 20.7.